The minimum atomic E-state index is -0.342. The normalized spacial score (nSPS) is 22.7. The molecule has 5 nitrogen and oxygen atoms in total. The predicted molar refractivity (Wildman–Crippen MR) is 102 cm³/mol. The van der Waals surface area contributed by atoms with E-state index >= 15 is 0 Å². The summed E-state index contributed by atoms with van der Waals surface area (Å²) in [6.45, 7) is 4.88. The van der Waals surface area contributed by atoms with Crippen molar-refractivity contribution in [3.63, 3.8) is 0 Å². The van der Waals surface area contributed by atoms with E-state index in [0.717, 1.165) is 49.9 Å². The lowest BCUT2D eigenvalue weighted by Crippen LogP contribution is -2.49. The molecule has 0 unspecified atom stereocenters. The molecule has 1 atom stereocenters. The zero-order valence-electron chi connectivity index (χ0n) is 15.7. The van der Waals surface area contributed by atoms with E-state index in [2.05, 4.69) is 21.8 Å². The third kappa shape index (κ3) is 3.53. The Labute approximate surface area is 159 Å². The molecule has 0 bridgehead atoms. The van der Waals surface area contributed by atoms with Crippen molar-refractivity contribution < 1.29 is 9.18 Å². The molecular formula is C21H25FN4O. The van der Waals surface area contributed by atoms with Crippen LogP contribution in [-0.2, 0) is 17.8 Å². The molecule has 6 heteroatoms. The van der Waals surface area contributed by atoms with Crippen molar-refractivity contribution in [2.75, 3.05) is 24.5 Å². The van der Waals surface area contributed by atoms with E-state index in [0.29, 0.717) is 19.0 Å². The highest BCUT2D eigenvalue weighted by molar-refractivity contribution is 5.85. The van der Waals surface area contributed by atoms with Crippen molar-refractivity contribution in [3.05, 3.63) is 53.6 Å². The number of hydrogen-bond donors (Lipinski definition) is 0. The van der Waals surface area contributed by atoms with Gasteiger partial charge in [0.15, 0.2) is 0 Å². The zero-order valence-corrected chi connectivity index (χ0v) is 15.7. The first-order valence-electron chi connectivity index (χ1n) is 9.69. The first kappa shape index (κ1) is 17.9. The fourth-order valence-corrected chi connectivity index (χ4v) is 4.23. The number of anilines is 1. The molecule has 0 saturated carbocycles. The van der Waals surface area contributed by atoms with Crippen molar-refractivity contribution in [2.24, 2.45) is 5.41 Å². The zero-order chi connectivity index (χ0) is 18.9. The third-order valence-electron chi connectivity index (χ3n) is 5.85. The molecule has 2 aliphatic heterocycles. The lowest BCUT2D eigenvalue weighted by molar-refractivity contribution is -0.145. The third-order valence-corrected chi connectivity index (χ3v) is 5.85. The van der Waals surface area contributed by atoms with Gasteiger partial charge in [0.1, 0.15) is 5.82 Å². The summed E-state index contributed by atoms with van der Waals surface area (Å²) in [4.78, 5) is 26.3. The van der Waals surface area contributed by atoms with Crippen LogP contribution in [0.5, 0.6) is 0 Å². The Bertz CT molecular complexity index is 808. The number of carbonyl (C=O) groups is 1. The number of carbonyl (C=O) groups excluding carboxylic acids is 1. The Morgan fingerprint density at radius 3 is 2.52 bits per heavy atom. The standard InChI is InChI=1S/C21H25FN4O/c1-2-16-12-23-20(24-13-16)26-11-9-21(15-26)8-3-10-25(19(21)27)14-17-4-6-18(22)7-5-17/h4-7,12-13H,2-3,8-11,14-15H2,1H3/t21-/m1/s1. The maximum Gasteiger partial charge on any atom is 0.230 e. The van der Waals surface area contributed by atoms with Gasteiger partial charge in [0.25, 0.3) is 0 Å². The molecule has 142 valence electrons. The van der Waals surface area contributed by atoms with Crippen LogP contribution in [0.1, 0.15) is 37.3 Å². The molecule has 0 N–H and O–H groups in total. The molecule has 3 heterocycles. The summed E-state index contributed by atoms with van der Waals surface area (Å²) >= 11 is 0. The second-order valence-electron chi connectivity index (χ2n) is 7.65. The summed E-state index contributed by atoms with van der Waals surface area (Å²) < 4.78 is 13.1. The van der Waals surface area contributed by atoms with Crippen LogP contribution in [0.2, 0.25) is 0 Å². The van der Waals surface area contributed by atoms with Gasteiger partial charge in [0.05, 0.1) is 5.41 Å². The number of aryl methyl sites for hydroxylation is 1. The SMILES string of the molecule is CCc1cnc(N2CC[C@]3(CCCN(Cc4ccc(F)cc4)C3=O)C2)nc1. The molecule has 1 aromatic heterocycles. The monoisotopic (exact) mass is 368 g/mol. The van der Waals surface area contributed by atoms with Crippen molar-refractivity contribution in [1.82, 2.24) is 14.9 Å². The fourth-order valence-electron chi connectivity index (χ4n) is 4.23. The molecule has 1 amide bonds. The summed E-state index contributed by atoms with van der Waals surface area (Å²) in [7, 11) is 0. The van der Waals surface area contributed by atoms with Gasteiger partial charge in [-0.15, -0.1) is 0 Å². The Balaban J connectivity index is 1.47. The molecule has 2 fully saturated rings. The van der Waals surface area contributed by atoms with Crippen LogP contribution in [0, 0.1) is 11.2 Å². The average molecular weight is 368 g/mol. The molecule has 2 aromatic rings. The predicted octanol–water partition coefficient (Wildman–Crippen LogP) is 3.20. The van der Waals surface area contributed by atoms with E-state index in [1.54, 1.807) is 12.1 Å². The lowest BCUT2D eigenvalue weighted by atomic mass is 9.78. The highest BCUT2D eigenvalue weighted by Crippen LogP contribution is 2.41. The molecule has 4 rings (SSSR count). The van der Waals surface area contributed by atoms with E-state index < -0.39 is 0 Å². The molecule has 1 aromatic carbocycles. The van der Waals surface area contributed by atoms with Crippen molar-refractivity contribution >= 4 is 11.9 Å². The second kappa shape index (κ2) is 7.25. The summed E-state index contributed by atoms with van der Waals surface area (Å²) in [6.07, 6.45) is 7.41. The summed E-state index contributed by atoms with van der Waals surface area (Å²) in [5, 5.41) is 0. The Kier molecular flexibility index (Phi) is 4.81. The number of amides is 1. The smallest absolute Gasteiger partial charge is 0.230 e. The second-order valence-corrected chi connectivity index (χ2v) is 7.65. The van der Waals surface area contributed by atoms with Crippen LogP contribution in [0.25, 0.3) is 0 Å². The van der Waals surface area contributed by atoms with Crippen LogP contribution >= 0.6 is 0 Å². The molecule has 2 saturated heterocycles. The number of piperidine rings is 1. The van der Waals surface area contributed by atoms with Crippen LogP contribution in [0.15, 0.2) is 36.7 Å². The number of halogens is 1. The molecule has 0 radical (unpaired) electrons. The van der Waals surface area contributed by atoms with Crippen molar-refractivity contribution in [1.29, 1.82) is 0 Å². The highest BCUT2D eigenvalue weighted by atomic mass is 19.1. The Morgan fingerprint density at radius 2 is 1.81 bits per heavy atom. The van der Waals surface area contributed by atoms with Gasteiger partial charge in [-0.2, -0.15) is 0 Å². The minimum Gasteiger partial charge on any atom is -0.340 e. The quantitative estimate of drug-likeness (QED) is 0.832. The van der Waals surface area contributed by atoms with Crippen LogP contribution in [-0.4, -0.2) is 40.4 Å². The van der Waals surface area contributed by atoms with Crippen molar-refractivity contribution in [3.8, 4) is 0 Å². The number of aromatic nitrogens is 2. The first-order chi connectivity index (χ1) is 13.1. The first-order valence-corrected chi connectivity index (χ1v) is 9.69. The Hall–Kier alpha value is -2.50. The maximum absolute atomic E-state index is 13.3. The fraction of sp³-hybridized carbons (Fsp3) is 0.476. The van der Waals surface area contributed by atoms with E-state index in [-0.39, 0.29) is 17.1 Å². The van der Waals surface area contributed by atoms with Gasteiger partial charge >= 0.3 is 0 Å². The lowest BCUT2D eigenvalue weighted by Gasteiger charge is -2.39. The highest BCUT2D eigenvalue weighted by Gasteiger charge is 2.48. The topological polar surface area (TPSA) is 49.3 Å². The number of nitrogens with zero attached hydrogens (tertiary/aromatic N) is 4. The number of benzene rings is 1. The summed E-state index contributed by atoms with van der Waals surface area (Å²) in [5.41, 5.74) is 1.74. The summed E-state index contributed by atoms with van der Waals surface area (Å²) in [5.74, 6) is 0.680. The van der Waals surface area contributed by atoms with Gasteiger partial charge in [0, 0.05) is 38.6 Å². The summed E-state index contributed by atoms with van der Waals surface area (Å²) in [6, 6.07) is 6.42. The number of rotatable bonds is 4. The minimum absolute atomic E-state index is 0.214. The van der Waals surface area contributed by atoms with Gasteiger partial charge in [0.2, 0.25) is 11.9 Å². The Morgan fingerprint density at radius 1 is 1.07 bits per heavy atom. The van der Waals surface area contributed by atoms with Crippen LogP contribution in [0.3, 0.4) is 0 Å². The van der Waals surface area contributed by atoms with Gasteiger partial charge in [-0.25, -0.2) is 14.4 Å². The van der Waals surface area contributed by atoms with Crippen molar-refractivity contribution in [2.45, 2.75) is 39.2 Å². The van der Waals surface area contributed by atoms with E-state index in [4.69, 9.17) is 0 Å². The molecule has 2 aliphatic rings. The van der Waals surface area contributed by atoms with Gasteiger partial charge in [-0.1, -0.05) is 19.1 Å². The van der Waals surface area contributed by atoms with E-state index in [1.807, 2.05) is 17.3 Å². The number of hydrogen-bond acceptors (Lipinski definition) is 4. The largest absolute Gasteiger partial charge is 0.340 e. The van der Waals surface area contributed by atoms with Crippen LogP contribution in [0.4, 0.5) is 10.3 Å². The van der Waals surface area contributed by atoms with Gasteiger partial charge < -0.3 is 9.80 Å². The van der Waals surface area contributed by atoms with Crippen LogP contribution < -0.4 is 4.90 Å². The number of likely N-dealkylation sites (tertiary alicyclic amines) is 1. The van der Waals surface area contributed by atoms with Gasteiger partial charge in [-0.3, -0.25) is 4.79 Å². The van der Waals surface area contributed by atoms with E-state index in [9.17, 15) is 9.18 Å². The maximum atomic E-state index is 13.3. The van der Waals surface area contributed by atoms with Gasteiger partial charge in [-0.05, 0) is 48.9 Å². The molecule has 0 aliphatic carbocycles. The molecule has 1 spiro atoms. The average Bonchev–Trinajstić information content (AvgIpc) is 3.12. The van der Waals surface area contributed by atoms with E-state index in [1.165, 1.54) is 12.1 Å². The molecular weight excluding hydrogens is 343 g/mol. The molecule has 27 heavy (non-hydrogen) atoms.